The number of amides is 1. The van der Waals surface area contributed by atoms with Crippen LogP contribution >= 0.6 is 0 Å². The number of hydrogen-bond donors (Lipinski definition) is 1. The smallest absolute Gasteiger partial charge is 0.301 e. The molecule has 0 aliphatic rings. The third kappa shape index (κ3) is 3.64. The molecule has 0 aliphatic carbocycles. The number of fused-ring (bicyclic) bond motifs is 1. The van der Waals surface area contributed by atoms with Crippen LogP contribution in [0.5, 0.6) is 5.75 Å². The van der Waals surface area contributed by atoms with E-state index in [0.29, 0.717) is 16.7 Å². The molecule has 1 N–H and O–H groups in total. The number of anilines is 1. The molecule has 0 spiro atoms. The quantitative estimate of drug-likeness (QED) is 0.541. The fourth-order valence-corrected chi connectivity index (χ4v) is 2.96. The summed E-state index contributed by atoms with van der Waals surface area (Å²) in [5.41, 5.74) is -0.471. The topological polar surface area (TPSA) is 89.9 Å². The molecule has 0 saturated heterocycles. The van der Waals surface area contributed by atoms with E-state index in [9.17, 15) is 4.79 Å². The van der Waals surface area contributed by atoms with E-state index >= 15 is 8.78 Å². The van der Waals surface area contributed by atoms with Gasteiger partial charge in [-0.05, 0) is 24.3 Å². The number of halogens is 2. The predicted molar refractivity (Wildman–Crippen MR) is 106 cm³/mol. The number of pyridine rings is 2. The van der Waals surface area contributed by atoms with Gasteiger partial charge in [0.05, 0.1) is 23.8 Å². The van der Waals surface area contributed by atoms with E-state index in [0.717, 1.165) is 18.5 Å². The van der Waals surface area contributed by atoms with Gasteiger partial charge in [-0.2, -0.15) is 8.78 Å². The summed E-state index contributed by atoms with van der Waals surface area (Å²) in [6.07, 6.45) is 6.21. The van der Waals surface area contributed by atoms with Crippen molar-refractivity contribution >= 4 is 22.6 Å². The lowest BCUT2D eigenvalue weighted by Crippen LogP contribution is -2.19. The number of nitrogens with one attached hydrogen (secondary N) is 1. The molecule has 3 aromatic heterocycles. The molecule has 0 radical (unpaired) electrons. The number of methoxy groups -OCH3 is 1. The molecule has 0 aliphatic heterocycles. The lowest BCUT2D eigenvalue weighted by Gasteiger charge is -2.18. The molecule has 0 saturated carbocycles. The van der Waals surface area contributed by atoms with Gasteiger partial charge in [-0.1, -0.05) is 6.07 Å². The summed E-state index contributed by atoms with van der Waals surface area (Å²) in [6, 6.07) is 8.79. The minimum absolute atomic E-state index is 0.00996. The normalized spacial score (nSPS) is 11.3. The fourth-order valence-electron chi connectivity index (χ4n) is 2.96. The van der Waals surface area contributed by atoms with Gasteiger partial charge in [0.2, 0.25) is 0 Å². The zero-order chi connectivity index (χ0) is 21.1. The lowest BCUT2D eigenvalue weighted by molar-refractivity contribution is 0.0421. The van der Waals surface area contributed by atoms with Crippen LogP contribution in [-0.2, 0) is 5.92 Å². The first-order chi connectivity index (χ1) is 14.5. The summed E-state index contributed by atoms with van der Waals surface area (Å²) >= 11 is 0. The summed E-state index contributed by atoms with van der Waals surface area (Å²) in [4.78, 5) is 28.5. The molecule has 9 heteroatoms. The van der Waals surface area contributed by atoms with E-state index in [1.54, 1.807) is 18.2 Å². The first kappa shape index (κ1) is 19.3. The van der Waals surface area contributed by atoms with Crippen LogP contribution < -0.4 is 10.1 Å². The molecule has 150 valence electrons. The Morgan fingerprint density at radius 3 is 2.60 bits per heavy atom. The number of nitrogens with zero attached hydrogens (tertiary/aromatic N) is 4. The van der Waals surface area contributed by atoms with Gasteiger partial charge in [-0.3, -0.25) is 9.78 Å². The first-order valence-corrected chi connectivity index (χ1v) is 8.83. The van der Waals surface area contributed by atoms with Crippen molar-refractivity contribution in [2.75, 3.05) is 12.4 Å². The van der Waals surface area contributed by atoms with Crippen molar-refractivity contribution in [2.24, 2.45) is 0 Å². The second kappa shape index (κ2) is 7.78. The number of benzene rings is 1. The van der Waals surface area contributed by atoms with Gasteiger partial charge < -0.3 is 10.1 Å². The molecular formula is C21H15F2N5O2. The summed E-state index contributed by atoms with van der Waals surface area (Å²) < 4.78 is 35.4. The minimum atomic E-state index is -3.41. The van der Waals surface area contributed by atoms with Crippen LogP contribution in [0.4, 0.5) is 14.6 Å². The molecular weight excluding hydrogens is 392 g/mol. The van der Waals surface area contributed by atoms with Crippen LogP contribution in [0.2, 0.25) is 0 Å². The Labute approximate surface area is 169 Å². The number of alkyl halides is 2. The maximum atomic E-state index is 15.1. The zero-order valence-corrected chi connectivity index (χ0v) is 15.7. The highest BCUT2D eigenvalue weighted by atomic mass is 19.3. The molecule has 3 heterocycles. The highest BCUT2D eigenvalue weighted by Crippen LogP contribution is 2.37. The Balaban J connectivity index is 1.80. The Hall–Kier alpha value is -4.01. The van der Waals surface area contributed by atoms with Crippen molar-refractivity contribution in [3.8, 4) is 5.75 Å². The first-order valence-electron chi connectivity index (χ1n) is 8.83. The molecule has 4 aromatic rings. The molecule has 0 atom stereocenters. The van der Waals surface area contributed by atoms with Crippen LogP contribution in [0.15, 0.2) is 67.5 Å². The summed E-state index contributed by atoms with van der Waals surface area (Å²) in [5.74, 6) is -3.32. The molecule has 1 amide bonds. The third-order valence-electron chi connectivity index (χ3n) is 4.44. The van der Waals surface area contributed by atoms with Crippen molar-refractivity contribution in [3.63, 3.8) is 0 Å². The van der Waals surface area contributed by atoms with Crippen LogP contribution in [0.25, 0.3) is 10.9 Å². The Bertz CT molecular complexity index is 1220. The molecule has 30 heavy (non-hydrogen) atoms. The molecule has 7 nitrogen and oxygen atoms in total. The highest BCUT2D eigenvalue weighted by Gasteiger charge is 2.36. The second-order valence-corrected chi connectivity index (χ2v) is 6.34. The third-order valence-corrected chi connectivity index (χ3v) is 4.44. The van der Waals surface area contributed by atoms with Crippen molar-refractivity contribution in [1.29, 1.82) is 0 Å². The summed E-state index contributed by atoms with van der Waals surface area (Å²) in [6.45, 7) is 0. The van der Waals surface area contributed by atoms with Gasteiger partial charge >= 0.3 is 5.92 Å². The maximum Gasteiger partial charge on any atom is 0.301 e. The number of carbonyl (C=O) groups excluding carboxylic acids is 1. The Morgan fingerprint density at radius 2 is 1.83 bits per heavy atom. The molecule has 0 unspecified atom stereocenters. The number of ether oxygens (including phenoxy) is 1. The predicted octanol–water partition coefficient (Wildman–Crippen LogP) is 3.82. The van der Waals surface area contributed by atoms with Crippen molar-refractivity contribution in [1.82, 2.24) is 19.9 Å². The molecule has 0 fully saturated rings. The average molecular weight is 407 g/mol. The highest BCUT2D eigenvalue weighted by molar-refractivity contribution is 6.11. The van der Waals surface area contributed by atoms with Crippen LogP contribution in [-0.4, -0.2) is 33.0 Å². The zero-order valence-electron chi connectivity index (χ0n) is 15.7. The summed E-state index contributed by atoms with van der Waals surface area (Å²) in [7, 11) is 1.48. The van der Waals surface area contributed by atoms with Crippen LogP contribution in [0.3, 0.4) is 0 Å². The van der Waals surface area contributed by atoms with E-state index in [1.807, 2.05) is 0 Å². The average Bonchev–Trinajstić information content (AvgIpc) is 2.79. The van der Waals surface area contributed by atoms with Crippen LogP contribution in [0.1, 0.15) is 21.5 Å². The van der Waals surface area contributed by atoms with E-state index in [1.165, 1.54) is 38.0 Å². The molecule has 4 rings (SSSR count). The minimum Gasteiger partial charge on any atom is -0.497 e. The van der Waals surface area contributed by atoms with E-state index in [2.05, 4.69) is 25.3 Å². The van der Waals surface area contributed by atoms with Gasteiger partial charge in [0.25, 0.3) is 5.91 Å². The van der Waals surface area contributed by atoms with Gasteiger partial charge in [0.1, 0.15) is 17.9 Å². The van der Waals surface area contributed by atoms with E-state index in [4.69, 9.17) is 4.74 Å². The standard InChI is InChI=1S/C21H15F2N5O2/c1-30-16-4-6-26-18(9-16)28-20(29)17-8-14(7-13-3-2-5-27-19(13)17)21(22,23)15-10-24-12-25-11-15/h2-12H,1H3,(H,26,28,29). The van der Waals surface area contributed by atoms with Crippen molar-refractivity contribution < 1.29 is 18.3 Å². The SMILES string of the molecule is COc1ccnc(NC(=O)c2cc(C(F)(F)c3cncnc3)cc3cccnc23)c1. The second-order valence-electron chi connectivity index (χ2n) is 6.34. The lowest BCUT2D eigenvalue weighted by atomic mass is 9.97. The Kier molecular flexibility index (Phi) is 5.01. The van der Waals surface area contributed by atoms with E-state index in [-0.39, 0.29) is 22.5 Å². The van der Waals surface area contributed by atoms with Crippen molar-refractivity contribution in [3.05, 3.63) is 84.2 Å². The van der Waals surface area contributed by atoms with Gasteiger partial charge in [-0.15, -0.1) is 0 Å². The molecule has 0 bridgehead atoms. The van der Waals surface area contributed by atoms with Gasteiger partial charge in [0.15, 0.2) is 0 Å². The van der Waals surface area contributed by atoms with E-state index < -0.39 is 11.8 Å². The monoisotopic (exact) mass is 407 g/mol. The number of carbonyl (C=O) groups is 1. The van der Waals surface area contributed by atoms with Crippen molar-refractivity contribution in [2.45, 2.75) is 5.92 Å². The van der Waals surface area contributed by atoms with Crippen LogP contribution in [0, 0.1) is 0 Å². The number of hydrogen-bond acceptors (Lipinski definition) is 6. The Morgan fingerprint density at radius 1 is 1.03 bits per heavy atom. The number of rotatable bonds is 5. The fraction of sp³-hybridized carbons (Fsp3) is 0.0952. The largest absolute Gasteiger partial charge is 0.497 e. The maximum absolute atomic E-state index is 15.1. The van der Waals surface area contributed by atoms with Gasteiger partial charge in [-0.25, -0.2) is 15.0 Å². The molecule has 1 aromatic carbocycles. The van der Waals surface area contributed by atoms with Gasteiger partial charge in [0, 0.05) is 41.8 Å². The number of aromatic nitrogens is 4. The summed E-state index contributed by atoms with van der Waals surface area (Å²) in [5, 5.41) is 3.00.